The molecule has 0 saturated carbocycles. The van der Waals surface area contributed by atoms with E-state index in [1.165, 1.54) is 10.6 Å². The first-order valence-corrected chi connectivity index (χ1v) is 11.3. The average molecular weight is 507 g/mol. The van der Waals surface area contributed by atoms with Crippen LogP contribution >= 0.6 is 0 Å². The average Bonchev–Trinajstić information content (AvgIpc) is 2.87. The second-order valence-electron chi connectivity index (χ2n) is 8.00. The van der Waals surface area contributed by atoms with Crippen LogP contribution in [0.3, 0.4) is 0 Å². The number of hydrazine groups is 1. The number of nitrogens with two attached hydrogens (primary N) is 1. The number of carbonyl (C=O) groups excluding carboxylic acids is 1. The molecule has 0 spiro atoms. The molecule has 37 heavy (non-hydrogen) atoms. The normalized spacial score (nSPS) is 12.1. The molecule has 5 N–H and O–H groups in total. The van der Waals surface area contributed by atoms with E-state index in [0.29, 0.717) is 0 Å². The quantitative estimate of drug-likeness (QED) is 0.0993. The minimum absolute atomic E-state index is 0.000295. The SMILES string of the molecule is NC(=NCCC[C@H](NC(=O)c1cccn(C(c2ccccc2)c2ccccc2)c1=O)C(=O)O)N[N+](=O)[O-]. The number of hydrogen-bond donors (Lipinski definition) is 4. The molecule has 1 amide bonds. The highest BCUT2D eigenvalue weighted by Crippen LogP contribution is 2.25. The Balaban J connectivity index is 1.82. The van der Waals surface area contributed by atoms with Crippen LogP contribution in [0.2, 0.25) is 0 Å². The zero-order valence-electron chi connectivity index (χ0n) is 19.7. The summed E-state index contributed by atoms with van der Waals surface area (Å²) in [7, 11) is 0. The van der Waals surface area contributed by atoms with Crippen LogP contribution in [0.1, 0.15) is 40.4 Å². The molecule has 2 aromatic carbocycles. The molecule has 0 fully saturated rings. The number of pyridine rings is 1. The number of nitrogens with zero attached hydrogens (tertiary/aromatic N) is 3. The number of nitro groups is 1. The van der Waals surface area contributed by atoms with Crippen molar-refractivity contribution in [2.24, 2.45) is 10.7 Å². The van der Waals surface area contributed by atoms with Gasteiger partial charge in [-0.2, -0.15) is 0 Å². The van der Waals surface area contributed by atoms with Crippen molar-refractivity contribution in [1.29, 1.82) is 0 Å². The molecule has 0 radical (unpaired) electrons. The summed E-state index contributed by atoms with van der Waals surface area (Å²) in [6, 6.07) is 19.8. The zero-order valence-corrected chi connectivity index (χ0v) is 19.7. The summed E-state index contributed by atoms with van der Waals surface area (Å²) in [5.74, 6) is -2.54. The van der Waals surface area contributed by atoms with Gasteiger partial charge in [0.25, 0.3) is 17.4 Å². The van der Waals surface area contributed by atoms with Crippen LogP contribution in [0, 0.1) is 10.1 Å². The monoisotopic (exact) mass is 506 g/mol. The number of rotatable bonds is 11. The van der Waals surface area contributed by atoms with E-state index < -0.39 is 40.5 Å². The first kappa shape index (κ1) is 26.6. The number of carboxylic acids is 1. The zero-order chi connectivity index (χ0) is 26.8. The van der Waals surface area contributed by atoms with Crippen molar-refractivity contribution in [2.75, 3.05) is 6.54 Å². The molecule has 12 nitrogen and oxygen atoms in total. The van der Waals surface area contributed by atoms with Gasteiger partial charge < -0.3 is 20.7 Å². The third-order valence-corrected chi connectivity index (χ3v) is 5.47. The van der Waals surface area contributed by atoms with Crippen LogP contribution in [-0.2, 0) is 4.79 Å². The third kappa shape index (κ3) is 7.24. The van der Waals surface area contributed by atoms with Crippen molar-refractivity contribution in [1.82, 2.24) is 15.3 Å². The number of benzene rings is 2. The maximum absolute atomic E-state index is 13.4. The Labute approximate surface area is 211 Å². The molecule has 12 heteroatoms. The summed E-state index contributed by atoms with van der Waals surface area (Å²) >= 11 is 0. The van der Waals surface area contributed by atoms with E-state index in [1.54, 1.807) is 17.7 Å². The van der Waals surface area contributed by atoms with Gasteiger partial charge in [-0.1, -0.05) is 66.1 Å². The standard InChI is InChI=1S/C25H26N6O6/c26-25(29-31(36)37)27-15-7-14-20(24(34)35)28-22(32)19-13-8-16-30(23(19)33)21(17-9-3-1-4-10-17)18-11-5-2-6-12-18/h1-6,8-13,16,20-21H,7,14-15H2,(H,28,32)(H,34,35)(H3,26,27,29)/t20-/m0/s1. The Morgan fingerprint density at radius 2 is 1.62 bits per heavy atom. The van der Waals surface area contributed by atoms with Gasteiger partial charge in [-0.3, -0.25) is 9.59 Å². The number of carbonyl (C=O) groups is 2. The lowest BCUT2D eigenvalue weighted by Gasteiger charge is -2.22. The van der Waals surface area contributed by atoms with Crippen molar-refractivity contribution in [3.63, 3.8) is 0 Å². The van der Waals surface area contributed by atoms with Crippen LogP contribution in [0.25, 0.3) is 0 Å². The van der Waals surface area contributed by atoms with Crippen molar-refractivity contribution >= 4 is 17.8 Å². The van der Waals surface area contributed by atoms with E-state index >= 15 is 0 Å². The fourth-order valence-electron chi connectivity index (χ4n) is 3.79. The highest BCUT2D eigenvalue weighted by Gasteiger charge is 2.24. The molecule has 0 aliphatic carbocycles. The molecule has 0 aliphatic heterocycles. The highest BCUT2D eigenvalue weighted by atomic mass is 16.7. The van der Waals surface area contributed by atoms with Gasteiger partial charge in [-0.05, 0) is 36.1 Å². The van der Waals surface area contributed by atoms with E-state index in [4.69, 9.17) is 5.73 Å². The predicted molar refractivity (Wildman–Crippen MR) is 136 cm³/mol. The fraction of sp³-hybridized carbons (Fsp3) is 0.200. The summed E-state index contributed by atoms with van der Waals surface area (Å²) < 4.78 is 1.44. The Kier molecular flexibility index (Phi) is 9.08. The predicted octanol–water partition coefficient (Wildman–Crippen LogP) is 1.55. The molecule has 1 atom stereocenters. The molecule has 0 unspecified atom stereocenters. The third-order valence-electron chi connectivity index (χ3n) is 5.47. The first-order valence-electron chi connectivity index (χ1n) is 11.3. The molecular formula is C25H26N6O6. The molecule has 192 valence electrons. The number of carboxylic acid groups (broad SMARTS) is 1. The van der Waals surface area contributed by atoms with Crippen LogP contribution in [0.5, 0.6) is 0 Å². The van der Waals surface area contributed by atoms with Gasteiger partial charge in [0.1, 0.15) is 11.6 Å². The number of aliphatic imine (C=N–C) groups is 1. The van der Waals surface area contributed by atoms with Crippen LogP contribution in [-0.4, -0.2) is 45.1 Å². The lowest BCUT2D eigenvalue weighted by molar-refractivity contribution is -0.525. The lowest BCUT2D eigenvalue weighted by atomic mass is 9.98. The van der Waals surface area contributed by atoms with Gasteiger partial charge in [0, 0.05) is 12.7 Å². The number of aliphatic carboxylic acids is 1. The van der Waals surface area contributed by atoms with Crippen molar-refractivity contribution in [2.45, 2.75) is 24.9 Å². The Hall–Kier alpha value is -5.00. The van der Waals surface area contributed by atoms with E-state index in [0.717, 1.165) is 11.1 Å². The van der Waals surface area contributed by atoms with Gasteiger partial charge in [-0.15, -0.1) is 0 Å². The highest BCUT2D eigenvalue weighted by molar-refractivity contribution is 5.96. The smallest absolute Gasteiger partial charge is 0.326 e. The van der Waals surface area contributed by atoms with Crippen LogP contribution in [0.15, 0.2) is 88.8 Å². The number of hydrogen-bond acceptors (Lipinski definition) is 6. The number of aromatic nitrogens is 1. The fourth-order valence-corrected chi connectivity index (χ4v) is 3.79. The van der Waals surface area contributed by atoms with Crippen LogP contribution in [0.4, 0.5) is 0 Å². The Morgan fingerprint density at radius 1 is 1.03 bits per heavy atom. The van der Waals surface area contributed by atoms with Crippen molar-refractivity contribution in [3.05, 3.63) is 116 Å². The number of guanidine groups is 1. The summed E-state index contributed by atoms with van der Waals surface area (Å²) in [6.45, 7) is 0.000295. The van der Waals surface area contributed by atoms with Gasteiger partial charge >= 0.3 is 5.97 Å². The maximum Gasteiger partial charge on any atom is 0.326 e. The second-order valence-corrected chi connectivity index (χ2v) is 8.00. The minimum atomic E-state index is -1.31. The molecular weight excluding hydrogens is 480 g/mol. The minimum Gasteiger partial charge on any atom is -0.480 e. The topological polar surface area (TPSA) is 182 Å². The summed E-state index contributed by atoms with van der Waals surface area (Å²) in [4.78, 5) is 52.2. The molecule has 0 bridgehead atoms. The van der Waals surface area contributed by atoms with E-state index in [1.807, 2.05) is 60.7 Å². The number of amides is 1. The van der Waals surface area contributed by atoms with Gasteiger partial charge in [0.15, 0.2) is 5.03 Å². The number of nitrogens with one attached hydrogen (secondary N) is 2. The van der Waals surface area contributed by atoms with E-state index in [2.05, 4.69) is 10.3 Å². The summed E-state index contributed by atoms with van der Waals surface area (Å²) in [6.07, 6.45) is 1.72. The van der Waals surface area contributed by atoms with Gasteiger partial charge in [0.2, 0.25) is 0 Å². The van der Waals surface area contributed by atoms with Gasteiger partial charge in [-0.25, -0.2) is 19.9 Å². The van der Waals surface area contributed by atoms with Crippen molar-refractivity contribution < 1.29 is 19.7 Å². The summed E-state index contributed by atoms with van der Waals surface area (Å²) in [5, 5.41) is 21.4. The Morgan fingerprint density at radius 3 is 2.16 bits per heavy atom. The van der Waals surface area contributed by atoms with Crippen molar-refractivity contribution in [3.8, 4) is 0 Å². The molecule has 1 aromatic heterocycles. The maximum atomic E-state index is 13.4. The van der Waals surface area contributed by atoms with Crippen LogP contribution < -0.4 is 22.0 Å². The first-order chi connectivity index (χ1) is 17.8. The van der Waals surface area contributed by atoms with E-state index in [-0.39, 0.29) is 24.9 Å². The molecule has 1 heterocycles. The largest absolute Gasteiger partial charge is 0.480 e. The molecule has 3 rings (SSSR count). The lowest BCUT2D eigenvalue weighted by Crippen LogP contribution is -2.43. The molecule has 0 aliphatic rings. The molecule has 3 aromatic rings. The summed E-state index contributed by atoms with van der Waals surface area (Å²) in [5.41, 5.74) is 7.89. The van der Waals surface area contributed by atoms with Gasteiger partial charge in [0.05, 0.1) is 6.04 Å². The molecule has 0 saturated heterocycles. The Bertz CT molecular complexity index is 1290. The van der Waals surface area contributed by atoms with E-state index in [9.17, 15) is 29.6 Å². The second kappa shape index (κ2) is 12.6.